The van der Waals surface area contributed by atoms with E-state index in [9.17, 15) is 0 Å². The summed E-state index contributed by atoms with van der Waals surface area (Å²) in [5.74, 6) is 0.845. The fourth-order valence-corrected chi connectivity index (χ4v) is 2.72. The van der Waals surface area contributed by atoms with Gasteiger partial charge in [-0.15, -0.1) is 0 Å². The first kappa shape index (κ1) is 17.0. The molecule has 1 nitrogen and oxygen atoms in total. The molecule has 0 bridgehead atoms. The largest absolute Gasteiger partial charge is 0.312 e. The topological polar surface area (TPSA) is 12.0 Å². The van der Waals surface area contributed by atoms with E-state index in [2.05, 4.69) is 39.9 Å². The molecule has 0 aromatic heterocycles. The highest BCUT2D eigenvalue weighted by molar-refractivity contribution is 4.73. The van der Waals surface area contributed by atoms with Crippen LogP contribution in [-0.2, 0) is 0 Å². The Morgan fingerprint density at radius 2 is 1.41 bits per heavy atom. The van der Waals surface area contributed by atoms with Crippen LogP contribution in [0.4, 0.5) is 0 Å². The summed E-state index contributed by atoms with van der Waals surface area (Å²) in [6.45, 7) is 11.6. The van der Waals surface area contributed by atoms with E-state index < -0.39 is 0 Å². The second kappa shape index (κ2) is 11.1. The van der Waals surface area contributed by atoms with Gasteiger partial charge in [-0.3, -0.25) is 0 Å². The van der Waals surface area contributed by atoms with Gasteiger partial charge in [0.2, 0.25) is 0 Å². The molecule has 0 aliphatic rings. The molecule has 2 atom stereocenters. The van der Waals surface area contributed by atoms with E-state index in [4.69, 9.17) is 0 Å². The quantitative estimate of drug-likeness (QED) is 0.493. The highest BCUT2D eigenvalue weighted by Gasteiger charge is 2.14. The van der Waals surface area contributed by atoms with E-state index in [1.165, 1.54) is 51.4 Å². The highest BCUT2D eigenvalue weighted by Crippen LogP contribution is 2.14. The van der Waals surface area contributed by atoms with Crippen LogP contribution in [0.2, 0.25) is 0 Å². The van der Waals surface area contributed by atoms with Crippen molar-refractivity contribution in [3.63, 3.8) is 0 Å². The number of rotatable bonds is 11. The molecule has 0 fully saturated rings. The van der Waals surface area contributed by atoms with Gasteiger partial charge in [-0.05, 0) is 26.2 Å². The van der Waals surface area contributed by atoms with Crippen molar-refractivity contribution in [3.8, 4) is 0 Å². The van der Waals surface area contributed by atoms with Crippen LogP contribution in [0.3, 0.4) is 0 Å². The van der Waals surface area contributed by atoms with E-state index in [-0.39, 0.29) is 0 Å². The smallest absolute Gasteiger partial charge is 0.00692 e. The molecule has 1 heteroatoms. The van der Waals surface area contributed by atoms with Crippen LogP contribution in [0.1, 0.15) is 86.0 Å². The van der Waals surface area contributed by atoms with Crippen LogP contribution in [0, 0.1) is 5.92 Å². The van der Waals surface area contributed by atoms with Gasteiger partial charge in [0.05, 0.1) is 0 Å². The van der Waals surface area contributed by atoms with Gasteiger partial charge in [0.15, 0.2) is 0 Å². The van der Waals surface area contributed by atoms with E-state index in [0.29, 0.717) is 12.1 Å². The summed E-state index contributed by atoms with van der Waals surface area (Å²) in [7, 11) is 0. The van der Waals surface area contributed by atoms with Crippen LogP contribution in [0.5, 0.6) is 0 Å². The third-order valence-corrected chi connectivity index (χ3v) is 4.04. The van der Waals surface area contributed by atoms with Crippen LogP contribution >= 0.6 is 0 Å². The summed E-state index contributed by atoms with van der Waals surface area (Å²) < 4.78 is 0. The molecule has 0 aliphatic carbocycles. The van der Waals surface area contributed by atoms with Crippen molar-refractivity contribution in [2.75, 3.05) is 0 Å². The molecule has 0 aromatic carbocycles. The molecule has 0 amide bonds. The molecule has 0 spiro atoms. The fourth-order valence-electron chi connectivity index (χ4n) is 2.72. The third-order valence-electron chi connectivity index (χ3n) is 4.04. The van der Waals surface area contributed by atoms with Gasteiger partial charge in [-0.2, -0.15) is 0 Å². The Bertz CT molecular complexity index is 152. The predicted octanol–water partition coefficient (Wildman–Crippen LogP) is 5.15. The second-order valence-electron chi connectivity index (χ2n) is 5.64. The average Bonchev–Trinajstić information content (AvgIpc) is 2.30. The maximum Gasteiger partial charge on any atom is 0.00692 e. The van der Waals surface area contributed by atoms with Crippen molar-refractivity contribution in [2.24, 2.45) is 5.92 Å². The lowest BCUT2D eigenvalue weighted by molar-refractivity contribution is 0.318. The minimum absolute atomic E-state index is 0.677. The van der Waals surface area contributed by atoms with E-state index in [0.717, 1.165) is 5.92 Å². The first-order valence-corrected chi connectivity index (χ1v) is 7.91. The number of unbranched alkanes of at least 4 members (excludes halogenated alkanes) is 4. The normalized spacial score (nSPS) is 15.2. The minimum atomic E-state index is 0.677. The van der Waals surface area contributed by atoms with Crippen molar-refractivity contribution in [1.82, 2.24) is 5.32 Å². The first-order valence-electron chi connectivity index (χ1n) is 7.91. The highest BCUT2D eigenvalue weighted by atomic mass is 14.9. The molecule has 17 heavy (non-hydrogen) atoms. The van der Waals surface area contributed by atoms with Gasteiger partial charge in [0, 0.05) is 12.1 Å². The Balaban J connectivity index is 3.59. The Morgan fingerprint density at radius 3 is 1.94 bits per heavy atom. The zero-order valence-electron chi connectivity index (χ0n) is 12.9. The maximum atomic E-state index is 3.77. The van der Waals surface area contributed by atoms with E-state index >= 15 is 0 Å². The molecule has 0 saturated carbocycles. The molecule has 0 heterocycles. The molecule has 0 saturated heterocycles. The lowest BCUT2D eigenvalue weighted by atomic mass is 9.94. The Morgan fingerprint density at radius 1 is 0.824 bits per heavy atom. The second-order valence-corrected chi connectivity index (χ2v) is 5.64. The van der Waals surface area contributed by atoms with Gasteiger partial charge in [0.25, 0.3) is 0 Å². The predicted molar refractivity (Wildman–Crippen MR) is 79.5 cm³/mol. The third kappa shape index (κ3) is 8.65. The Kier molecular flexibility index (Phi) is 11.0. The van der Waals surface area contributed by atoms with Crippen LogP contribution in [0.15, 0.2) is 0 Å². The number of nitrogens with one attached hydrogen (secondary N) is 1. The maximum absolute atomic E-state index is 3.77. The zero-order chi connectivity index (χ0) is 13.1. The molecule has 1 N–H and O–H groups in total. The molecule has 0 rings (SSSR count). The summed E-state index contributed by atoms with van der Waals surface area (Å²) in [4.78, 5) is 0. The van der Waals surface area contributed by atoms with Crippen molar-refractivity contribution in [1.29, 1.82) is 0 Å². The summed E-state index contributed by atoms with van der Waals surface area (Å²) in [6, 6.07) is 1.36. The van der Waals surface area contributed by atoms with Gasteiger partial charge in [0.1, 0.15) is 0 Å². The fraction of sp³-hybridized carbons (Fsp3) is 1.00. The summed E-state index contributed by atoms with van der Waals surface area (Å²) in [5, 5.41) is 3.77. The van der Waals surface area contributed by atoms with Gasteiger partial charge >= 0.3 is 0 Å². The summed E-state index contributed by atoms with van der Waals surface area (Å²) >= 11 is 0. The molecule has 2 unspecified atom stereocenters. The molecule has 104 valence electrons. The molecule has 0 radical (unpaired) electrons. The van der Waals surface area contributed by atoms with Crippen LogP contribution in [0.25, 0.3) is 0 Å². The van der Waals surface area contributed by atoms with Crippen LogP contribution in [-0.4, -0.2) is 12.1 Å². The Labute approximate surface area is 110 Å². The number of hydrogen-bond acceptors (Lipinski definition) is 1. The van der Waals surface area contributed by atoms with E-state index in [1.807, 2.05) is 0 Å². The lowest BCUT2D eigenvalue weighted by Crippen LogP contribution is -2.39. The average molecular weight is 241 g/mol. The van der Waals surface area contributed by atoms with Gasteiger partial charge < -0.3 is 5.32 Å². The standard InChI is InChI=1S/C16H35N/c1-6-9-10-11-12-13-14(4)17-15(5)16(7-2)8-3/h14-17H,6-13H2,1-5H3. The van der Waals surface area contributed by atoms with Crippen molar-refractivity contribution in [3.05, 3.63) is 0 Å². The monoisotopic (exact) mass is 241 g/mol. The summed E-state index contributed by atoms with van der Waals surface area (Å²) in [6.07, 6.45) is 10.9. The minimum Gasteiger partial charge on any atom is -0.312 e. The SMILES string of the molecule is CCCCCCCC(C)NC(C)C(CC)CC. The van der Waals surface area contributed by atoms with Crippen molar-refractivity contribution >= 4 is 0 Å². The number of hydrogen-bond donors (Lipinski definition) is 1. The zero-order valence-corrected chi connectivity index (χ0v) is 12.9. The van der Waals surface area contributed by atoms with Crippen LogP contribution < -0.4 is 5.32 Å². The molecule has 0 aromatic rings. The van der Waals surface area contributed by atoms with Crippen molar-refractivity contribution in [2.45, 2.75) is 98.1 Å². The van der Waals surface area contributed by atoms with Gasteiger partial charge in [-0.1, -0.05) is 65.7 Å². The Hall–Kier alpha value is -0.0400. The summed E-state index contributed by atoms with van der Waals surface area (Å²) in [5.41, 5.74) is 0. The lowest BCUT2D eigenvalue weighted by Gasteiger charge is -2.26. The molecular weight excluding hydrogens is 206 g/mol. The van der Waals surface area contributed by atoms with Crippen molar-refractivity contribution < 1.29 is 0 Å². The first-order chi connectivity index (χ1) is 8.15. The molecule has 0 aliphatic heterocycles. The van der Waals surface area contributed by atoms with E-state index in [1.54, 1.807) is 0 Å². The van der Waals surface area contributed by atoms with Gasteiger partial charge in [-0.25, -0.2) is 0 Å². The molecular formula is C16H35N.